The number of fused-ring (bicyclic) bond motifs is 1. The Morgan fingerprint density at radius 1 is 1.15 bits per heavy atom. The molecule has 3 rings (SSSR count). The van der Waals surface area contributed by atoms with E-state index in [2.05, 4.69) is 0 Å². The predicted octanol–water partition coefficient (Wildman–Crippen LogP) is 4.65. The number of carbonyl (C=O) groups excluding carboxylic acids is 2. The fourth-order valence-corrected chi connectivity index (χ4v) is 2.51. The van der Waals surface area contributed by atoms with Gasteiger partial charge in [-0.3, -0.25) is 9.59 Å². The molecule has 0 spiro atoms. The number of ketones is 1. The number of Topliss-reactive ketones (excluding diaryl/α,β-unsaturated/α-hetero) is 1. The van der Waals surface area contributed by atoms with Crippen LogP contribution in [-0.4, -0.2) is 18.4 Å². The van der Waals surface area contributed by atoms with Crippen LogP contribution in [0.25, 0.3) is 6.08 Å². The van der Waals surface area contributed by atoms with E-state index in [0.29, 0.717) is 35.0 Å². The van der Waals surface area contributed by atoms with E-state index in [1.807, 2.05) is 6.92 Å². The van der Waals surface area contributed by atoms with Gasteiger partial charge in [-0.25, -0.2) is 0 Å². The number of allylic oxidation sites excluding steroid dienone is 1. The highest BCUT2D eigenvalue weighted by molar-refractivity contribution is 6.14. The highest BCUT2D eigenvalue weighted by Crippen LogP contribution is 2.36. The molecule has 0 fully saturated rings. The summed E-state index contributed by atoms with van der Waals surface area (Å²) in [6.07, 6.45) is 1.59. The fraction of sp³-hybridized carbons (Fsp3) is 0.273. The number of para-hydroxylation sites is 1. The van der Waals surface area contributed by atoms with Crippen molar-refractivity contribution < 1.29 is 23.8 Å². The van der Waals surface area contributed by atoms with Crippen molar-refractivity contribution >= 4 is 17.8 Å². The maximum absolute atomic E-state index is 12.6. The van der Waals surface area contributed by atoms with Crippen molar-refractivity contribution in [3.63, 3.8) is 0 Å². The van der Waals surface area contributed by atoms with Crippen LogP contribution in [-0.2, 0) is 4.79 Å². The smallest absolute Gasteiger partial charge is 0.316 e. The van der Waals surface area contributed by atoms with E-state index in [1.165, 1.54) is 0 Å². The Balaban J connectivity index is 1.90. The zero-order valence-corrected chi connectivity index (χ0v) is 15.9. The molecule has 0 radical (unpaired) electrons. The van der Waals surface area contributed by atoms with Crippen molar-refractivity contribution in [1.29, 1.82) is 0 Å². The summed E-state index contributed by atoms with van der Waals surface area (Å²) < 4.78 is 16.7. The number of benzene rings is 2. The third-order valence-corrected chi connectivity index (χ3v) is 3.97. The van der Waals surface area contributed by atoms with Crippen molar-refractivity contribution in [1.82, 2.24) is 0 Å². The summed E-state index contributed by atoms with van der Waals surface area (Å²) in [4.78, 5) is 24.8. The summed E-state index contributed by atoms with van der Waals surface area (Å²) in [5.74, 6) is 1.10. The molecule has 0 bridgehead atoms. The van der Waals surface area contributed by atoms with Gasteiger partial charge in [0, 0.05) is 11.6 Å². The Labute approximate surface area is 158 Å². The summed E-state index contributed by atoms with van der Waals surface area (Å²) in [5.41, 5.74) is 0.441. The van der Waals surface area contributed by atoms with Crippen LogP contribution in [0.3, 0.4) is 0 Å². The summed E-state index contributed by atoms with van der Waals surface area (Å²) in [6.45, 7) is 7.77. The molecule has 27 heavy (non-hydrogen) atoms. The molecule has 0 saturated carbocycles. The van der Waals surface area contributed by atoms with Crippen LogP contribution < -0.4 is 14.2 Å². The maximum Gasteiger partial charge on any atom is 0.316 e. The molecular weight excluding hydrogens is 344 g/mol. The lowest BCUT2D eigenvalue weighted by atomic mass is 9.97. The van der Waals surface area contributed by atoms with Gasteiger partial charge in [0.1, 0.15) is 17.2 Å². The minimum absolute atomic E-state index is 0.179. The van der Waals surface area contributed by atoms with Gasteiger partial charge in [0.2, 0.25) is 5.78 Å². The van der Waals surface area contributed by atoms with Crippen molar-refractivity contribution in [3.8, 4) is 17.2 Å². The lowest BCUT2D eigenvalue weighted by Crippen LogP contribution is -2.25. The second-order valence-electron chi connectivity index (χ2n) is 7.21. The second kappa shape index (κ2) is 7.27. The molecule has 1 heterocycles. The van der Waals surface area contributed by atoms with E-state index in [9.17, 15) is 9.59 Å². The molecule has 5 heteroatoms. The van der Waals surface area contributed by atoms with Crippen molar-refractivity contribution in [2.45, 2.75) is 27.7 Å². The van der Waals surface area contributed by atoms with Crippen molar-refractivity contribution in [2.75, 3.05) is 6.61 Å². The summed E-state index contributed by atoms with van der Waals surface area (Å²) in [6, 6.07) is 12.2. The highest BCUT2D eigenvalue weighted by Gasteiger charge is 2.29. The second-order valence-corrected chi connectivity index (χ2v) is 7.21. The van der Waals surface area contributed by atoms with Crippen LogP contribution in [0, 0.1) is 5.41 Å². The minimum Gasteiger partial charge on any atom is -0.494 e. The van der Waals surface area contributed by atoms with E-state index in [1.54, 1.807) is 69.3 Å². The number of carbonyl (C=O) groups is 2. The molecule has 5 nitrogen and oxygen atoms in total. The van der Waals surface area contributed by atoms with Gasteiger partial charge >= 0.3 is 5.97 Å². The number of esters is 1. The van der Waals surface area contributed by atoms with Crippen molar-refractivity contribution in [3.05, 3.63) is 59.4 Å². The van der Waals surface area contributed by atoms with Gasteiger partial charge in [-0.05, 0) is 52.0 Å². The molecule has 0 aliphatic carbocycles. The highest BCUT2D eigenvalue weighted by atomic mass is 16.5. The van der Waals surface area contributed by atoms with Gasteiger partial charge in [-0.2, -0.15) is 0 Å². The number of ether oxygens (including phenoxy) is 3. The molecule has 0 atom stereocenters. The Kier molecular flexibility index (Phi) is 5.04. The molecule has 140 valence electrons. The molecule has 2 aromatic rings. The van der Waals surface area contributed by atoms with Gasteiger partial charge in [-0.15, -0.1) is 0 Å². The zero-order valence-electron chi connectivity index (χ0n) is 15.9. The van der Waals surface area contributed by atoms with Crippen molar-refractivity contribution in [2.24, 2.45) is 5.41 Å². The Morgan fingerprint density at radius 2 is 1.89 bits per heavy atom. The lowest BCUT2D eigenvalue weighted by molar-refractivity contribution is -0.143. The van der Waals surface area contributed by atoms with Gasteiger partial charge in [-0.1, -0.05) is 18.2 Å². The van der Waals surface area contributed by atoms with Crippen LogP contribution in [0.5, 0.6) is 17.2 Å². The largest absolute Gasteiger partial charge is 0.494 e. The first-order valence-electron chi connectivity index (χ1n) is 8.82. The average molecular weight is 366 g/mol. The van der Waals surface area contributed by atoms with E-state index in [4.69, 9.17) is 14.2 Å². The molecule has 1 aliphatic rings. The van der Waals surface area contributed by atoms with Crippen LogP contribution in [0.2, 0.25) is 0 Å². The monoisotopic (exact) mass is 366 g/mol. The van der Waals surface area contributed by atoms with Gasteiger partial charge < -0.3 is 14.2 Å². The number of hydrogen-bond donors (Lipinski definition) is 0. The minimum atomic E-state index is -0.633. The van der Waals surface area contributed by atoms with E-state index < -0.39 is 5.41 Å². The standard InChI is InChI=1S/C22H22O5/c1-5-25-15-10-11-16-18(13-15)26-19(20(16)23)12-14-8-6-7-9-17(14)27-21(24)22(2,3)4/h6-13H,5H2,1-4H3/b19-12-. The third kappa shape index (κ3) is 4.03. The lowest BCUT2D eigenvalue weighted by Gasteiger charge is -2.17. The van der Waals surface area contributed by atoms with Gasteiger partial charge in [0.05, 0.1) is 17.6 Å². The predicted molar refractivity (Wildman–Crippen MR) is 102 cm³/mol. The topological polar surface area (TPSA) is 61.8 Å². The van der Waals surface area contributed by atoms with E-state index >= 15 is 0 Å². The Morgan fingerprint density at radius 3 is 2.59 bits per heavy atom. The first kappa shape index (κ1) is 18.7. The molecule has 0 aromatic heterocycles. The molecule has 0 unspecified atom stereocenters. The third-order valence-electron chi connectivity index (χ3n) is 3.97. The van der Waals surface area contributed by atoms with Crippen LogP contribution in [0.1, 0.15) is 43.6 Å². The molecule has 0 amide bonds. The van der Waals surface area contributed by atoms with Crippen LogP contribution in [0.4, 0.5) is 0 Å². The molecule has 2 aromatic carbocycles. The molecular formula is C22H22O5. The molecule has 0 saturated heterocycles. The van der Waals surface area contributed by atoms with Crippen LogP contribution >= 0.6 is 0 Å². The van der Waals surface area contributed by atoms with Gasteiger partial charge in [0.15, 0.2) is 5.76 Å². The normalized spacial score (nSPS) is 14.7. The number of hydrogen-bond acceptors (Lipinski definition) is 5. The quantitative estimate of drug-likeness (QED) is 0.448. The Bertz CT molecular complexity index is 919. The summed E-state index contributed by atoms with van der Waals surface area (Å²) in [5, 5.41) is 0. The van der Waals surface area contributed by atoms with E-state index in [-0.39, 0.29) is 17.5 Å². The first-order valence-corrected chi connectivity index (χ1v) is 8.82. The maximum atomic E-state index is 12.6. The summed E-state index contributed by atoms with van der Waals surface area (Å²) in [7, 11) is 0. The summed E-state index contributed by atoms with van der Waals surface area (Å²) >= 11 is 0. The van der Waals surface area contributed by atoms with Crippen LogP contribution in [0.15, 0.2) is 48.2 Å². The van der Waals surface area contributed by atoms with E-state index in [0.717, 1.165) is 0 Å². The first-order chi connectivity index (χ1) is 12.8. The molecule has 1 aliphatic heterocycles. The Hall–Kier alpha value is -3.08. The van der Waals surface area contributed by atoms with Gasteiger partial charge in [0.25, 0.3) is 0 Å². The SMILES string of the molecule is CCOc1ccc2c(c1)O/C(=C\c1ccccc1OC(=O)C(C)(C)C)C2=O. The average Bonchev–Trinajstić information content (AvgIpc) is 2.91. The fourth-order valence-electron chi connectivity index (χ4n) is 2.51. The number of rotatable bonds is 4. The molecule has 0 N–H and O–H groups in total. The zero-order chi connectivity index (χ0) is 19.6.